The van der Waals surface area contributed by atoms with Gasteiger partial charge in [0.1, 0.15) is 11.7 Å². The van der Waals surface area contributed by atoms with Crippen LogP contribution in [-0.4, -0.2) is 46.2 Å². The molecule has 0 atom stereocenters. The van der Waals surface area contributed by atoms with Crippen molar-refractivity contribution in [3.05, 3.63) is 29.0 Å². The predicted molar refractivity (Wildman–Crippen MR) is 71.5 cm³/mol. The van der Waals surface area contributed by atoms with Crippen LogP contribution < -0.4 is 0 Å². The zero-order chi connectivity index (χ0) is 13.8. The topological polar surface area (TPSA) is 53.5 Å². The van der Waals surface area contributed by atoms with Crippen molar-refractivity contribution in [1.82, 2.24) is 14.8 Å². The van der Waals surface area contributed by atoms with E-state index in [1.807, 2.05) is 6.92 Å². The molecule has 2 rings (SSSR count). The lowest BCUT2D eigenvalue weighted by molar-refractivity contribution is -0.150. The Morgan fingerprint density at radius 2 is 1.95 bits per heavy atom. The van der Waals surface area contributed by atoms with Gasteiger partial charge in [-0.3, -0.25) is 9.59 Å². The van der Waals surface area contributed by atoms with E-state index in [0.29, 0.717) is 18.2 Å². The van der Waals surface area contributed by atoms with Crippen LogP contribution in [0.3, 0.4) is 0 Å². The van der Waals surface area contributed by atoms with E-state index in [9.17, 15) is 9.59 Å². The zero-order valence-corrected chi connectivity index (χ0v) is 11.6. The van der Waals surface area contributed by atoms with E-state index >= 15 is 0 Å². The number of carbonyl (C=O) groups is 2. The molecular formula is C13H16ClN3O2. The van der Waals surface area contributed by atoms with Gasteiger partial charge in [0.25, 0.3) is 0 Å². The van der Waals surface area contributed by atoms with Crippen LogP contribution in [0.25, 0.3) is 0 Å². The molecule has 1 fully saturated rings. The van der Waals surface area contributed by atoms with Crippen LogP contribution in [0, 0.1) is 0 Å². The molecule has 0 aromatic carbocycles. The minimum atomic E-state index is -0.0269. The second kappa shape index (κ2) is 6.02. The maximum absolute atomic E-state index is 12.0. The van der Waals surface area contributed by atoms with Crippen molar-refractivity contribution < 1.29 is 9.59 Å². The first-order valence-corrected chi connectivity index (χ1v) is 6.64. The van der Waals surface area contributed by atoms with Crippen molar-refractivity contribution in [1.29, 1.82) is 0 Å². The Labute approximate surface area is 117 Å². The van der Waals surface area contributed by atoms with Crippen molar-refractivity contribution in [2.24, 2.45) is 0 Å². The summed E-state index contributed by atoms with van der Waals surface area (Å²) in [5.41, 5.74) is 0.880. The molecule has 102 valence electrons. The van der Waals surface area contributed by atoms with Crippen molar-refractivity contribution in [2.45, 2.75) is 19.9 Å². The molecule has 2 amide bonds. The van der Waals surface area contributed by atoms with Crippen LogP contribution in [0.2, 0.25) is 5.15 Å². The number of carbonyl (C=O) groups excluding carboxylic acids is 2. The monoisotopic (exact) mass is 281 g/mol. The third kappa shape index (κ3) is 3.44. The average Bonchev–Trinajstić information content (AvgIpc) is 2.36. The maximum Gasteiger partial charge on any atom is 0.242 e. The molecule has 0 saturated carbocycles. The highest BCUT2D eigenvalue weighted by Gasteiger charge is 2.29. The van der Waals surface area contributed by atoms with Gasteiger partial charge in [-0.15, -0.1) is 0 Å². The largest absolute Gasteiger partial charge is 0.332 e. The van der Waals surface area contributed by atoms with Crippen LogP contribution in [-0.2, 0) is 16.1 Å². The standard InChI is InChI=1S/C13H16ClN3O2/c1-2-5-16-8-13(19)17(9-12(16)18)7-10-3-4-15-11(14)6-10/h3-4,6H,2,5,7-9H2,1H3. The van der Waals surface area contributed by atoms with E-state index in [2.05, 4.69) is 4.98 Å². The maximum atomic E-state index is 12.0. The SMILES string of the molecule is CCCN1CC(=O)N(Cc2ccnc(Cl)c2)CC1=O. The molecule has 0 spiro atoms. The highest BCUT2D eigenvalue weighted by molar-refractivity contribution is 6.29. The minimum absolute atomic E-state index is 0.00148. The average molecular weight is 282 g/mol. The lowest BCUT2D eigenvalue weighted by atomic mass is 10.2. The molecular weight excluding hydrogens is 266 g/mol. The van der Waals surface area contributed by atoms with Gasteiger partial charge in [0.05, 0.1) is 6.54 Å². The first kappa shape index (κ1) is 13.8. The number of hydrogen-bond acceptors (Lipinski definition) is 3. The summed E-state index contributed by atoms with van der Waals surface area (Å²) >= 11 is 5.80. The van der Waals surface area contributed by atoms with Gasteiger partial charge in [0, 0.05) is 19.3 Å². The number of halogens is 1. The summed E-state index contributed by atoms with van der Waals surface area (Å²) in [4.78, 5) is 30.9. The number of rotatable bonds is 4. The summed E-state index contributed by atoms with van der Waals surface area (Å²) in [6.45, 7) is 3.33. The van der Waals surface area contributed by atoms with Gasteiger partial charge in [-0.2, -0.15) is 0 Å². The highest BCUT2D eigenvalue weighted by atomic mass is 35.5. The number of aromatic nitrogens is 1. The van der Waals surface area contributed by atoms with Crippen LogP contribution in [0.15, 0.2) is 18.3 Å². The molecule has 1 aliphatic rings. The van der Waals surface area contributed by atoms with Crippen molar-refractivity contribution in [3.63, 3.8) is 0 Å². The molecule has 0 aliphatic carbocycles. The van der Waals surface area contributed by atoms with Gasteiger partial charge in [0.2, 0.25) is 11.8 Å². The van der Waals surface area contributed by atoms with Crippen LogP contribution in [0.1, 0.15) is 18.9 Å². The summed E-state index contributed by atoms with van der Waals surface area (Å²) in [6.07, 6.45) is 2.45. The van der Waals surface area contributed by atoms with Crippen LogP contribution in [0.5, 0.6) is 0 Å². The first-order valence-electron chi connectivity index (χ1n) is 6.26. The molecule has 0 bridgehead atoms. The normalized spacial score (nSPS) is 16.1. The first-order chi connectivity index (χ1) is 9.10. The number of nitrogens with zero attached hydrogens (tertiary/aromatic N) is 3. The van der Waals surface area contributed by atoms with E-state index in [-0.39, 0.29) is 24.9 Å². The minimum Gasteiger partial charge on any atom is -0.332 e. The van der Waals surface area contributed by atoms with Gasteiger partial charge in [0.15, 0.2) is 0 Å². The van der Waals surface area contributed by atoms with Gasteiger partial charge in [-0.25, -0.2) is 4.98 Å². The Bertz CT molecular complexity index is 493. The van der Waals surface area contributed by atoms with Gasteiger partial charge >= 0.3 is 0 Å². The van der Waals surface area contributed by atoms with Gasteiger partial charge in [-0.1, -0.05) is 18.5 Å². The van der Waals surface area contributed by atoms with E-state index in [0.717, 1.165) is 12.0 Å². The summed E-state index contributed by atoms with van der Waals surface area (Å²) in [5, 5.41) is 0.390. The molecule has 6 heteroatoms. The van der Waals surface area contributed by atoms with E-state index < -0.39 is 0 Å². The fourth-order valence-electron chi connectivity index (χ4n) is 2.08. The third-order valence-corrected chi connectivity index (χ3v) is 3.22. The Hall–Kier alpha value is -1.62. The lowest BCUT2D eigenvalue weighted by Gasteiger charge is -2.33. The third-order valence-electron chi connectivity index (χ3n) is 3.02. The highest BCUT2D eigenvalue weighted by Crippen LogP contribution is 2.13. The van der Waals surface area contributed by atoms with Crippen LogP contribution >= 0.6 is 11.6 Å². The summed E-state index contributed by atoms with van der Waals surface area (Å²) < 4.78 is 0. The Morgan fingerprint density at radius 1 is 1.26 bits per heavy atom. The summed E-state index contributed by atoms with van der Waals surface area (Å²) in [5.74, 6) is -0.0254. The van der Waals surface area contributed by atoms with Crippen molar-refractivity contribution in [3.8, 4) is 0 Å². The molecule has 1 saturated heterocycles. The number of piperazine rings is 1. The van der Waals surface area contributed by atoms with E-state index in [1.165, 1.54) is 0 Å². The van der Waals surface area contributed by atoms with Gasteiger partial charge in [-0.05, 0) is 24.1 Å². The lowest BCUT2D eigenvalue weighted by Crippen LogP contribution is -2.53. The molecule has 19 heavy (non-hydrogen) atoms. The summed E-state index contributed by atoms with van der Waals surface area (Å²) in [6, 6.07) is 3.50. The molecule has 0 radical (unpaired) electrons. The molecule has 1 aromatic rings. The number of hydrogen-bond donors (Lipinski definition) is 0. The predicted octanol–water partition coefficient (Wildman–Crippen LogP) is 1.32. The van der Waals surface area contributed by atoms with Crippen molar-refractivity contribution >= 4 is 23.4 Å². The molecule has 0 unspecified atom stereocenters. The second-order valence-corrected chi connectivity index (χ2v) is 4.94. The fraction of sp³-hybridized carbons (Fsp3) is 0.462. The Kier molecular flexibility index (Phi) is 4.37. The smallest absolute Gasteiger partial charge is 0.242 e. The molecule has 5 nitrogen and oxygen atoms in total. The molecule has 2 heterocycles. The Balaban J connectivity index is 2.02. The summed E-state index contributed by atoms with van der Waals surface area (Å²) in [7, 11) is 0. The Morgan fingerprint density at radius 3 is 2.63 bits per heavy atom. The zero-order valence-electron chi connectivity index (χ0n) is 10.8. The van der Waals surface area contributed by atoms with Crippen LogP contribution in [0.4, 0.5) is 0 Å². The molecule has 0 N–H and O–H groups in total. The molecule has 1 aromatic heterocycles. The van der Waals surface area contributed by atoms with Crippen molar-refractivity contribution in [2.75, 3.05) is 19.6 Å². The molecule has 1 aliphatic heterocycles. The van der Waals surface area contributed by atoms with E-state index in [4.69, 9.17) is 11.6 Å². The number of amides is 2. The number of pyridine rings is 1. The quantitative estimate of drug-likeness (QED) is 0.782. The van der Waals surface area contributed by atoms with Gasteiger partial charge < -0.3 is 9.80 Å². The van der Waals surface area contributed by atoms with E-state index in [1.54, 1.807) is 28.1 Å². The second-order valence-electron chi connectivity index (χ2n) is 4.55. The fourth-order valence-corrected chi connectivity index (χ4v) is 2.28.